The first-order valence-electron chi connectivity index (χ1n) is 6.63. The van der Waals surface area contributed by atoms with Crippen LogP contribution in [0.25, 0.3) is 0 Å². The van der Waals surface area contributed by atoms with E-state index < -0.39 is 11.6 Å². The van der Waals surface area contributed by atoms with Crippen LogP contribution in [0.5, 0.6) is 0 Å². The molecule has 0 aliphatic heterocycles. The van der Waals surface area contributed by atoms with Crippen LogP contribution in [0.3, 0.4) is 0 Å². The van der Waals surface area contributed by atoms with Crippen molar-refractivity contribution in [2.24, 2.45) is 5.73 Å². The van der Waals surface area contributed by atoms with E-state index >= 15 is 0 Å². The number of nitrogens with two attached hydrogens (primary N) is 1. The predicted molar refractivity (Wildman–Crippen MR) is 75.2 cm³/mol. The molecule has 0 atom stereocenters. The van der Waals surface area contributed by atoms with Gasteiger partial charge in [-0.25, -0.2) is 4.79 Å². The van der Waals surface area contributed by atoms with Gasteiger partial charge in [-0.05, 0) is 18.4 Å². The standard InChI is InChI=1S/C13H17NO2.CH3NO2/c15-14(16)13(9-5-2-6-10-13)11-12-7-3-1-4-8-12;2-1(3)4/h1,3-4,7-8H,2,5-6,9-11H2;2H2,(H,3,4). The molecule has 0 unspecified atom stereocenters. The lowest BCUT2D eigenvalue weighted by Crippen LogP contribution is -2.42. The Morgan fingerprint density at radius 2 is 1.75 bits per heavy atom. The van der Waals surface area contributed by atoms with Crippen LogP contribution in [0.1, 0.15) is 37.7 Å². The van der Waals surface area contributed by atoms with Gasteiger partial charge >= 0.3 is 6.09 Å². The summed E-state index contributed by atoms with van der Waals surface area (Å²) in [6.07, 6.45) is 3.84. The first-order chi connectivity index (χ1) is 9.46. The number of hydrogen-bond acceptors (Lipinski definition) is 3. The fourth-order valence-electron chi connectivity index (χ4n) is 2.61. The third-order valence-electron chi connectivity index (χ3n) is 3.55. The molecule has 1 aromatic carbocycles. The van der Waals surface area contributed by atoms with Crippen LogP contribution in [-0.2, 0) is 6.42 Å². The highest BCUT2D eigenvalue weighted by Gasteiger charge is 2.43. The highest BCUT2D eigenvalue weighted by atomic mass is 16.6. The lowest BCUT2D eigenvalue weighted by molar-refractivity contribution is -0.574. The van der Waals surface area contributed by atoms with E-state index in [1.807, 2.05) is 30.3 Å². The first kappa shape index (κ1) is 15.9. The Hall–Kier alpha value is -2.11. The second kappa shape index (κ2) is 7.47. The molecule has 0 bridgehead atoms. The number of amides is 1. The number of nitro groups is 1. The molecule has 6 heteroatoms. The number of nitrogens with zero attached hydrogens (tertiary/aromatic N) is 1. The molecule has 0 saturated heterocycles. The topological polar surface area (TPSA) is 106 Å². The fraction of sp³-hybridized carbons (Fsp3) is 0.500. The summed E-state index contributed by atoms with van der Waals surface area (Å²) in [5, 5.41) is 18.5. The maximum atomic E-state index is 11.3. The Morgan fingerprint density at radius 1 is 1.25 bits per heavy atom. The van der Waals surface area contributed by atoms with E-state index in [1.165, 1.54) is 0 Å². The van der Waals surface area contributed by atoms with E-state index in [9.17, 15) is 10.1 Å². The molecule has 20 heavy (non-hydrogen) atoms. The molecule has 0 aromatic heterocycles. The zero-order valence-corrected chi connectivity index (χ0v) is 11.3. The van der Waals surface area contributed by atoms with Gasteiger partial charge in [0.1, 0.15) is 0 Å². The molecule has 0 spiro atoms. The van der Waals surface area contributed by atoms with E-state index in [0.717, 1.165) is 37.7 Å². The smallest absolute Gasteiger partial charge is 0.402 e. The monoisotopic (exact) mass is 280 g/mol. The second-order valence-corrected chi connectivity index (χ2v) is 5.04. The highest BCUT2D eigenvalue weighted by molar-refractivity contribution is 5.61. The fourth-order valence-corrected chi connectivity index (χ4v) is 2.61. The van der Waals surface area contributed by atoms with Gasteiger partial charge in [-0.15, -0.1) is 0 Å². The molecule has 6 nitrogen and oxygen atoms in total. The molecule has 1 saturated carbocycles. The Kier molecular flexibility index (Phi) is 5.96. The average molecular weight is 280 g/mol. The van der Waals surface area contributed by atoms with E-state index in [4.69, 9.17) is 9.90 Å². The number of carbonyl (C=O) groups is 1. The molecular weight excluding hydrogens is 260 g/mol. The van der Waals surface area contributed by atoms with Crippen LogP contribution < -0.4 is 5.73 Å². The summed E-state index contributed by atoms with van der Waals surface area (Å²) in [6.45, 7) is 0. The normalized spacial score (nSPS) is 16.6. The molecule has 3 N–H and O–H groups in total. The van der Waals surface area contributed by atoms with E-state index in [-0.39, 0.29) is 4.92 Å². The van der Waals surface area contributed by atoms with E-state index in [2.05, 4.69) is 5.73 Å². The lowest BCUT2D eigenvalue weighted by Gasteiger charge is -2.29. The van der Waals surface area contributed by atoms with Crippen molar-refractivity contribution in [1.82, 2.24) is 0 Å². The maximum absolute atomic E-state index is 11.3. The van der Waals surface area contributed by atoms with Gasteiger partial charge in [0.2, 0.25) is 5.54 Å². The number of rotatable bonds is 3. The number of carboxylic acid groups (broad SMARTS) is 1. The second-order valence-electron chi connectivity index (χ2n) is 5.04. The SMILES string of the molecule is NC(=O)O.O=[N+]([O-])C1(Cc2ccccc2)CCCCC1. The van der Waals surface area contributed by atoms with Gasteiger partial charge in [-0.2, -0.15) is 0 Å². The summed E-state index contributed by atoms with van der Waals surface area (Å²) in [5.74, 6) is 0. The molecule has 1 aromatic rings. The molecule has 1 aliphatic rings. The van der Waals surface area contributed by atoms with Gasteiger partial charge in [0.05, 0.1) is 0 Å². The molecule has 110 valence electrons. The van der Waals surface area contributed by atoms with Crippen molar-refractivity contribution in [2.45, 2.75) is 44.1 Å². The summed E-state index contributed by atoms with van der Waals surface area (Å²) >= 11 is 0. The predicted octanol–water partition coefficient (Wildman–Crippen LogP) is 2.83. The van der Waals surface area contributed by atoms with Crippen LogP contribution in [0.4, 0.5) is 4.79 Å². The summed E-state index contributed by atoms with van der Waals surface area (Å²) in [5.41, 5.74) is 4.42. The molecular formula is C14H20N2O4. The minimum atomic E-state index is -1.33. The van der Waals surface area contributed by atoms with Gasteiger partial charge in [0.15, 0.2) is 0 Å². The summed E-state index contributed by atoms with van der Waals surface area (Å²) in [7, 11) is 0. The number of primary amides is 1. The van der Waals surface area contributed by atoms with Gasteiger partial charge in [0, 0.05) is 24.2 Å². The zero-order valence-electron chi connectivity index (χ0n) is 11.3. The van der Waals surface area contributed by atoms with Crippen LogP contribution in [0, 0.1) is 10.1 Å². The Morgan fingerprint density at radius 3 is 2.20 bits per heavy atom. The summed E-state index contributed by atoms with van der Waals surface area (Å²) in [6, 6.07) is 9.82. The number of benzene rings is 1. The third kappa shape index (κ3) is 4.87. The highest BCUT2D eigenvalue weighted by Crippen LogP contribution is 2.33. The minimum absolute atomic E-state index is 0.0425. The van der Waals surface area contributed by atoms with Gasteiger partial charge in [-0.1, -0.05) is 36.8 Å². The first-order valence-corrected chi connectivity index (χ1v) is 6.63. The molecule has 2 rings (SSSR count). The van der Waals surface area contributed by atoms with Crippen molar-refractivity contribution in [1.29, 1.82) is 0 Å². The van der Waals surface area contributed by atoms with Gasteiger partial charge < -0.3 is 10.8 Å². The van der Waals surface area contributed by atoms with Crippen molar-refractivity contribution < 1.29 is 14.8 Å². The van der Waals surface area contributed by atoms with Crippen LogP contribution in [-0.4, -0.2) is 21.7 Å². The molecule has 1 fully saturated rings. The van der Waals surface area contributed by atoms with Gasteiger partial charge in [0.25, 0.3) is 0 Å². The zero-order chi connectivity index (χ0) is 15.0. The van der Waals surface area contributed by atoms with Crippen LogP contribution in [0.2, 0.25) is 0 Å². The quantitative estimate of drug-likeness (QED) is 0.655. The Balaban J connectivity index is 0.000000444. The molecule has 0 heterocycles. The van der Waals surface area contributed by atoms with Crippen LogP contribution >= 0.6 is 0 Å². The summed E-state index contributed by atoms with van der Waals surface area (Å²) < 4.78 is 0. The van der Waals surface area contributed by atoms with Crippen molar-refractivity contribution in [2.75, 3.05) is 0 Å². The largest absolute Gasteiger partial charge is 0.465 e. The Labute approximate surface area is 117 Å². The molecule has 0 radical (unpaired) electrons. The van der Waals surface area contributed by atoms with E-state index in [0.29, 0.717) is 6.42 Å². The molecule has 1 aliphatic carbocycles. The third-order valence-corrected chi connectivity index (χ3v) is 3.55. The summed E-state index contributed by atoms with van der Waals surface area (Å²) in [4.78, 5) is 20.0. The minimum Gasteiger partial charge on any atom is -0.465 e. The van der Waals surface area contributed by atoms with Crippen molar-refractivity contribution in [3.8, 4) is 0 Å². The lowest BCUT2D eigenvalue weighted by atomic mass is 9.78. The maximum Gasteiger partial charge on any atom is 0.402 e. The average Bonchev–Trinajstić information content (AvgIpc) is 2.40. The van der Waals surface area contributed by atoms with Crippen molar-refractivity contribution in [3.63, 3.8) is 0 Å². The van der Waals surface area contributed by atoms with E-state index in [1.54, 1.807) is 0 Å². The van der Waals surface area contributed by atoms with Gasteiger partial charge in [-0.3, -0.25) is 10.1 Å². The van der Waals surface area contributed by atoms with Crippen LogP contribution in [0.15, 0.2) is 30.3 Å². The number of hydrogen-bond donors (Lipinski definition) is 2. The Bertz CT molecular complexity index is 438. The molecule has 1 amide bonds. The van der Waals surface area contributed by atoms with Crippen molar-refractivity contribution in [3.05, 3.63) is 46.0 Å². The van der Waals surface area contributed by atoms with Crippen molar-refractivity contribution >= 4 is 6.09 Å².